The largest absolute Gasteiger partial charge is 0.347 e. The predicted octanol–water partition coefficient (Wildman–Crippen LogP) is 4.81. The lowest BCUT2D eigenvalue weighted by Crippen LogP contribution is -2.15. The van der Waals surface area contributed by atoms with Gasteiger partial charge in [-0.15, -0.1) is 0 Å². The molecule has 1 nitrogen and oxygen atoms in total. The summed E-state index contributed by atoms with van der Waals surface area (Å²) in [5.41, 5.74) is 5.94. The third-order valence-electron chi connectivity index (χ3n) is 4.84. The predicted molar refractivity (Wildman–Crippen MR) is 91.2 cm³/mol. The van der Waals surface area contributed by atoms with Crippen molar-refractivity contribution in [3.8, 4) is 0 Å². The van der Waals surface area contributed by atoms with Crippen LogP contribution in [0.2, 0.25) is 0 Å². The summed E-state index contributed by atoms with van der Waals surface area (Å²) in [6.07, 6.45) is 5.91. The quantitative estimate of drug-likeness (QED) is 0.651. The number of fused-ring (bicyclic) bond motifs is 1. The Hall–Kier alpha value is -2.28. The molecule has 0 N–H and O–H groups in total. The van der Waals surface area contributed by atoms with E-state index in [-0.39, 0.29) is 0 Å². The monoisotopic (exact) mass is 287 g/mol. The summed E-state index contributed by atoms with van der Waals surface area (Å²) in [6.45, 7) is 0.984. The minimum atomic E-state index is 0.665. The fraction of sp³-hybridized carbons (Fsp3) is 0.238. The first kappa shape index (κ1) is 13.4. The van der Waals surface area contributed by atoms with E-state index in [0.29, 0.717) is 5.92 Å². The van der Waals surface area contributed by atoms with Crippen LogP contribution in [0.5, 0.6) is 0 Å². The van der Waals surface area contributed by atoms with E-state index in [2.05, 4.69) is 77.5 Å². The Morgan fingerprint density at radius 2 is 1.59 bits per heavy atom. The molecule has 0 saturated carbocycles. The van der Waals surface area contributed by atoms with Gasteiger partial charge in [-0.3, -0.25) is 0 Å². The highest BCUT2D eigenvalue weighted by atomic mass is 15.0. The van der Waals surface area contributed by atoms with Crippen molar-refractivity contribution in [2.45, 2.75) is 31.7 Å². The fourth-order valence-corrected chi connectivity index (χ4v) is 3.63. The first-order valence-electron chi connectivity index (χ1n) is 8.16. The van der Waals surface area contributed by atoms with Gasteiger partial charge in [-0.2, -0.15) is 0 Å². The Labute approximate surface area is 132 Å². The smallest absolute Gasteiger partial charge is 0.0472 e. The molecule has 3 aromatic rings. The molecule has 4 rings (SSSR count). The molecule has 0 spiro atoms. The maximum absolute atomic E-state index is 2.44. The van der Waals surface area contributed by atoms with Crippen molar-refractivity contribution in [3.63, 3.8) is 0 Å². The van der Waals surface area contributed by atoms with E-state index >= 15 is 0 Å². The first-order valence-corrected chi connectivity index (χ1v) is 8.16. The Balaban J connectivity index is 1.60. The van der Waals surface area contributed by atoms with Crippen molar-refractivity contribution in [1.82, 2.24) is 4.57 Å². The Kier molecular flexibility index (Phi) is 3.56. The molecule has 110 valence electrons. The lowest BCUT2D eigenvalue weighted by molar-refractivity contribution is 0.554. The van der Waals surface area contributed by atoms with Gasteiger partial charge < -0.3 is 4.57 Å². The van der Waals surface area contributed by atoms with Gasteiger partial charge in [-0.1, -0.05) is 60.7 Å². The highest BCUT2D eigenvalue weighted by Crippen LogP contribution is 2.33. The van der Waals surface area contributed by atoms with Gasteiger partial charge in [0, 0.05) is 18.4 Å². The van der Waals surface area contributed by atoms with Crippen molar-refractivity contribution in [2.75, 3.05) is 0 Å². The lowest BCUT2D eigenvalue weighted by Gasteiger charge is -2.25. The molecule has 1 aromatic heterocycles. The van der Waals surface area contributed by atoms with Crippen LogP contribution in [0.3, 0.4) is 0 Å². The molecule has 0 aliphatic heterocycles. The summed E-state index contributed by atoms with van der Waals surface area (Å²) >= 11 is 0. The second kappa shape index (κ2) is 5.84. The second-order valence-corrected chi connectivity index (χ2v) is 6.25. The van der Waals surface area contributed by atoms with Crippen molar-refractivity contribution < 1.29 is 0 Å². The summed E-state index contributed by atoms with van der Waals surface area (Å²) in [4.78, 5) is 0. The summed E-state index contributed by atoms with van der Waals surface area (Å²) in [5, 5.41) is 0. The second-order valence-electron chi connectivity index (χ2n) is 6.25. The van der Waals surface area contributed by atoms with Gasteiger partial charge in [0.2, 0.25) is 0 Å². The molecule has 2 aromatic carbocycles. The molecule has 22 heavy (non-hydrogen) atoms. The van der Waals surface area contributed by atoms with Crippen LogP contribution in [0.4, 0.5) is 0 Å². The van der Waals surface area contributed by atoms with E-state index in [1.807, 2.05) is 0 Å². The van der Waals surface area contributed by atoms with E-state index in [9.17, 15) is 0 Å². The molecule has 0 fully saturated rings. The SMILES string of the molecule is c1ccc(Cn2ccc3c2CC(c2ccccc2)CC3)cc1. The molecule has 1 atom stereocenters. The maximum atomic E-state index is 2.44. The third kappa shape index (κ3) is 2.59. The number of aromatic nitrogens is 1. The summed E-state index contributed by atoms with van der Waals surface area (Å²) in [7, 11) is 0. The molecule has 0 radical (unpaired) electrons. The van der Waals surface area contributed by atoms with Gasteiger partial charge in [0.25, 0.3) is 0 Å². The Morgan fingerprint density at radius 3 is 2.36 bits per heavy atom. The molecular weight excluding hydrogens is 266 g/mol. The lowest BCUT2D eigenvalue weighted by atomic mass is 9.83. The van der Waals surface area contributed by atoms with Crippen molar-refractivity contribution in [1.29, 1.82) is 0 Å². The van der Waals surface area contributed by atoms with Crippen LogP contribution >= 0.6 is 0 Å². The number of nitrogens with zero attached hydrogens (tertiary/aromatic N) is 1. The average molecular weight is 287 g/mol. The van der Waals surface area contributed by atoms with Gasteiger partial charge in [-0.25, -0.2) is 0 Å². The van der Waals surface area contributed by atoms with Gasteiger partial charge in [-0.05, 0) is 47.9 Å². The molecule has 0 saturated heterocycles. The third-order valence-corrected chi connectivity index (χ3v) is 4.84. The fourth-order valence-electron chi connectivity index (χ4n) is 3.63. The van der Waals surface area contributed by atoms with Crippen molar-refractivity contribution >= 4 is 0 Å². The summed E-state index contributed by atoms with van der Waals surface area (Å²) in [6, 6.07) is 24.1. The normalized spacial score (nSPS) is 17.2. The van der Waals surface area contributed by atoms with Crippen LogP contribution in [0.25, 0.3) is 0 Å². The summed E-state index contributed by atoms with van der Waals surface area (Å²) in [5.74, 6) is 0.665. The average Bonchev–Trinajstić information content (AvgIpc) is 2.99. The van der Waals surface area contributed by atoms with Crippen LogP contribution in [-0.4, -0.2) is 4.57 Å². The van der Waals surface area contributed by atoms with Crippen molar-refractivity contribution in [2.24, 2.45) is 0 Å². The number of hydrogen-bond acceptors (Lipinski definition) is 0. The molecule has 0 bridgehead atoms. The molecule has 1 aliphatic carbocycles. The molecular formula is C21H21N. The minimum absolute atomic E-state index is 0.665. The molecule has 0 amide bonds. The molecule has 1 aliphatic rings. The highest BCUT2D eigenvalue weighted by Gasteiger charge is 2.22. The number of hydrogen-bond donors (Lipinski definition) is 0. The standard InChI is InChI=1S/C21H21N/c1-3-7-17(8-4-1)16-22-14-13-19-11-12-20(15-21(19)22)18-9-5-2-6-10-18/h1-10,13-14,20H,11-12,15-16H2. The zero-order valence-electron chi connectivity index (χ0n) is 12.8. The van der Waals surface area contributed by atoms with E-state index < -0.39 is 0 Å². The van der Waals surface area contributed by atoms with E-state index in [0.717, 1.165) is 6.54 Å². The van der Waals surface area contributed by atoms with Crippen LogP contribution in [0.15, 0.2) is 72.9 Å². The zero-order chi connectivity index (χ0) is 14.8. The number of rotatable bonds is 3. The maximum Gasteiger partial charge on any atom is 0.0472 e. The zero-order valence-corrected chi connectivity index (χ0v) is 12.8. The highest BCUT2D eigenvalue weighted by molar-refractivity contribution is 5.32. The van der Waals surface area contributed by atoms with Crippen molar-refractivity contribution in [3.05, 3.63) is 95.3 Å². The molecule has 1 unspecified atom stereocenters. The van der Waals surface area contributed by atoms with Crippen LogP contribution in [0.1, 0.15) is 34.7 Å². The van der Waals surface area contributed by atoms with Gasteiger partial charge >= 0.3 is 0 Å². The van der Waals surface area contributed by atoms with E-state index in [1.165, 1.54) is 36.1 Å². The number of aryl methyl sites for hydroxylation is 1. The summed E-state index contributed by atoms with van der Waals surface area (Å²) < 4.78 is 2.44. The van der Waals surface area contributed by atoms with Crippen LogP contribution in [-0.2, 0) is 19.4 Å². The van der Waals surface area contributed by atoms with E-state index in [4.69, 9.17) is 0 Å². The van der Waals surface area contributed by atoms with Gasteiger partial charge in [0.05, 0.1) is 0 Å². The number of benzene rings is 2. The Morgan fingerprint density at radius 1 is 0.864 bits per heavy atom. The van der Waals surface area contributed by atoms with Crippen LogP contribution < -0.4 is 0 Å². The Bertz CT molecular complexity index is 740. The molecule has 1 heteroatoms. The molecule has 1 heterocycles. The topological polar surface area (TPSA) is 4.93 Å². The first-order chi connectivity index (χ1) is 10.9. The van der Waals surface area contributed by atoms with E-state index in [1.54, 1.807) is 5.56 Å². The van der Waals surface area contributed by atoms with Gasteiger partial charge in [0.15, 0.2) is 0 Å². The minimum Gasteiger partial charge on any atom is -0.347 e. The van der Waals surface area contributed by atoms with Gasteiger partial charge in [0.1, 0.15) is 0 Å². The van der Waals surface area contributed by atoms with Crippen LogP contribution in [0, 0.1) is 0 Å².